The molecule has 5 rings (SSSR count). The van der Waals surface area contributed by atoms with Crippen LogP contribution in [0.15, 0.2) is 88.3 Å². The summed E-state index contributed by atoms with van der Waals surface area (Å²) in [6.45, 7) is 4.43. The van der Waals surface area contributed by atoms with E-state index in [0.29, 0.717) is 17.6 Å². The number of aromatic nitrogens is 2. The maximum atomic E-state index is 14.0. The fourth-order valence-corrected chi connectivity index (χ4v) is 5.64. The zero-order chi connectivity index (χ0) is 27.2. The first-order chi connectivity index (χ1) is 18.8. The van der Waals surface area contributed by atoms with Gasteiger partial charge < -0.3 is 14.3 Å². The second-order valence-electron chi connectivity index (χ2n) is 10.2. The summed E-state index contributed by atoms with van der Waals surface area (Å²) in [6.07, 6.45) is 4.00. The average molecular weight is 549 g/mol. The lowest BCUT2D eigenvalue weighted by molar-refractivity contribution is 0.180. The second kappa shape index (κ2) is 12.1. The van der Waals surface area contributed by atoms with Gasteiger partial charge in [-0.05, 0) is 79.9 Å². The van der Waals surface area contributed by atoms with Crippen molar-refractivity contribution in [3.05, 3.63) is 96.1 Å². The highest BCUT2D eigenvalue weighted by Crippen LogP contribution is 2.24. The molecule has 0 amide bonds. The lowest BCUT2D eigenvalue weighted by Gasteiger charge is -2.34. The first kappa shape index (κ1) is 27.0. The summed E-state index contributed by atoms with van der Waals surface area (Å²) in [5.74, 6) is 1.32. The molecule has 0 N–H and O–H groups in total. The lowest BCUT2D eigenvalue weighted by atomic mass is 9.93. The summed E-state index contributed by atoms with van der Waals surface area (Å²) in [6, 6.07) is 23.6. The van der Waals surface area contributed by atoms with Crippen LogP contribution >= 0.6 is 0 Å². The average Bonchev–Trinajstić information content (AvgIpc) is 3.40. The van der Waals surface area contributed by atoms with E-state index in [1.807, 2.05) is 24.3 Å². The van der Waals surface area contributed by atoms with Crippen molar-refractivity contribution >= 4 is 15.5 Å². The van der Waals surface area contributed by atoms with Crippen LogP contribution in [-0.4, -0.2) is 55.9 Å². The quantitative estimate of drug-likeness (QED) is 0.268. The number of hydrogen-bond donors (Lipinski definition) is 0. The predicted molar refractivity (Wildman–Crippen MR) is 150 cm³/mol. The van der Waals surface area contributed by atoms with Crippen molar-refractivity contribution in [1.82, 2.24) is 15.0 Å². The van der Waals surface area contributed by atoms with Gasteiger partial charge in [0.25, 0.3) is 0 Å². The molecule has 7 nitrogen and oxygen atoms in total. The normalized spacial score (nSPS) is 14.9. The Morgan fingerprint density at radius 2 is 1.74 bits per heavy atom. The van der Waals surface area contributed by atoms with Crippen molar-refractivity contribution in [3.63, 3.8) is 0 Å². The summed E-state index contributed by atoms with van der Waals surface area (Å²) in [4.78, 5) is 9.52. The fourth-order valence-electron chi connectivity index (χ4n) is 5.01. The second-order valence-corrected chi connectivity index (χ2v) is 12.2. The van der Waals surface area contributed by atoms with Crippen molar-refractivity contribution < 1.29 is 17.3 Å². The molecule has 9 heteroatoms. The molecule has 1 aliphatic heterocycles. The SMILES string of the molecule is CS(=O)(=O)c1ccc(-c2noc(CC3CCN(CCN(Cc4ccccc4)c4cccc(F)c4)CC3)n2)cc1. The summed E-state index contributed by atoms with van der Waals surface area (Å²) in [5, 5.41) is 4.10. The van der Waals surface area contributed by atoms with Gasteiger partial charge in [-0.25, -0.2) is 12.8 Å². The van der Waals surface area contributed by atoms with Crippen molar-refractivity contribution in [1.29, 1.82) is 0 Å². The monoisotopic (exact) mass is 548 g/mol. The summed E-state index contributed by atoms with van der Waals surface area (Å²) >= 11 is 0. The molecule has 0 spiro atoms. The van der Waals surface area contributed by atoms with Crippen molar-refractivity contribution in [2.45, 2.75) is 30.7 Å². The topological polar surface area (TPSA) is 79.5 Å². The van der Waals surface area contributed by atoms with Gasteiger partial charge in [0.15, 0.2) is 9.84 Å². The van der Waals surface area contributed by atoms with Gasteiger partial charge >= 0.3 is 0 Å². The van der Waals surface area contributed by atoms with E-state index in [-0.39, 0.29) is 10.7 Å². The zero-order valence-electron chi connectivity index (χ0n) is 22.0. The Morgan fingerprint density at radius 1 is 1.00 bits per heavy atom. The van der Waals surface area contributed by atoms with E-state index in [0.717, 1.165) is 63.2 Å². The number of hydrogen-bond acceptors (Lipinski definition) is 7. The first-order valence-electron chi connectivity index (χ1n) is 13.2. The van der Waals surface area contributed by atoms with E-state index < -0.39 is 9.84 Å². The van der Waals surface area contributed by atoms with Gasteiger partial charge in [-0.2, -0.15) is 4.98 Å². The van der Waals surface area contributed by atoms with Gasteiger partial charge in [0.2, 0.25) is 11.7 Å². The highest BCUT2D eigenvalue weighted by Gasteiger charge is 2.23. The van der Waals surface area contributed by atoms with Gasteiger partial charge in [0, 0.05) is 43.6 Å². The van der Waals surface area contributed by atoms with Gasteiger partial charge in [-0.3, -0.25) is 0 Å². The molecule has 2 heterocycles. The summed E-state index contributed by atoms with van der Waals surface area (Å²) in [5.41, 5.74) is 2.82. The number of halogens is 1. The standard InChI is InChI=1S/C30H33FN4O3S/c1-39(36,37)28-12-10-25(11-13-28)30-32-29(38-33-30)20-23-14-16-34(17-15-23)18-19-35(22-24-6-3-2-4-7-24)27-9-5-8-26(31)21-27/h2-13,21,23H,14-20,22H2,1H3. The molecule has 39 heavy (non-hydrogen) atoms. The largest absolute Gasteiger partial charge is 0.366 e. The zero-order valence-corrected chi connectivity index (χ0v) is 22.9. The molecule has 0 atom stereocenters. The van der Waals surface area contributed by atoms with Crippen LogP contribution in [0.3, 0.4) is 0 Å². The number of piperidine rings is 1. The van der Waals surface area contributed by atoms with E-state index >= 15 is 0 Å². The van der Waals surface area contributed by atoms with Crippen molar-refractivity contribution in [3.8, 4) is 11.4 Å². The van der Waals surface area contributed by atoms with Gasteiger partial charge in [0.1, 0.15) is 5.82 Å². The summed E-state index contributed by atoms with van der Waals surface area (Å²) < 4.78 is 42.8. The molecule has 1 aliphatic rings. The predicted octanol–water partition coefficient (Wildman–Crippen LogP) is 5.24. The first-order valence-corrected chi connectivity index (χ1v) is 15.1. The number of nitrogens with zero attached hydrogens (tertiary/aromatic N) is 4. The Labute approximate surface area is 229 Å². The highest BCUT2D eigenvalue weighted by atomic mass is 32.2. The van der Waals surface area contributed by atoms with Crippen LogP contribution in [0, 0.1) is 11.7 Å². The minimum absolute atomic E-state index is 0.221. The van der Waals surface area contributed by atoms with E-state index in [1.54, 1.807) is 36.4 Å². The number of rotatable bonds is 10. The van der Waals surface area contributed by atoms with E-state index in [2.05, 4.69) is 32.1 Å². The molecule has 1 saturated heterocycles. The highest BCUT2D eigenvalue weighted by molar-refractivity contribution is 7.90. The lowest BCUT2D eigenvalue weighted by Crippen LogP contribution is -2.40. The van der Waals surface area contributed by atoms with E-state index in [9.17, 15) is 12.8 Å². The third-order valence-electron chi connectivity index (χ3n) is 7.25. The maximum absolute atomic E-state index is 14.0. The van der Waals surface area contributed by atoms with Gasteiger partial charge in [0.05, 0.1) is 4.90 Å². The number of anilines is 1. The van der Waals surface area contributed by atoms with Gasteiger partial charge in [-0.1, -0.05) is 41.6 Å². The molecule has 204 valence electrons. The number of sulfone groups is 1. The van der Waals surface area contributed by atoms with Crippen LogP contribution in [0.5, 0.6) is 0 Å². The molecule has 1 aromatic heterocycles. The van der Waals surface area contributed by atoms with Crippen LogP contribution in [0.25, 0.3) is 11.4 Å². The van der Waals surface area contributed by atoms with E-state index in [4.69, 9.17) is 4.52 Å². The third kappa shape index (κ3) is 7.30. The Hall–Kier alpha value is -3.56. The number of benzene rings is 3. The smallest absolute Gasteiger partial charge is 0.227 e. The Bertz CT molecular complexity index is 1470. The van der Waals surface area contributed by atoms with E-state index in [1.165, 1.54) is 17.9 Å². The molecule has 0 bridgehead atoms. The minimum Gasteiger partial charge on any atom is -0.366 e. The maximum Gasteiger partial charge on any atom is 0.227 e. The molecule has 0 radical (unpaired) electrons. The number of likely N-dealkylation sites (tertiary alicyclic amines) is 1. The summed E-state index contributed by atoms with van der Waals surface area (Å²) in [7, 11) is -3.25. The minimum atomic E-state index is -3.25. The molecule has 0 saturated carbocycles. The van der Waals surface area contributed by atoms with Crippen LogP contribution in [-0.2, 0) is 22.8 Å². The Kier molecular flexibility index (Phi) is 8.38. The van der Waals surface area contributed by atoms with Crippen molar-refractivity contribution in [2.24, 2.45) is 5.92 Å². The van der Waals surface area contributed by atoms with Crippen LogP contribution in [0.2, 0.25) is 0 Å². The van der Waals surface area contributed by atoms with Crippen molar-refractivity contribution in [2.75, 3.05) is 37.3 Å². The molecular weight excluding hydrogens is 515 g/mol. The molecule has 1 fully saturated rings. The molecule has 0 aliphatic carbocycles. The molecule has 0 unspecified atom stereocenters. The van der Waals surface area contributed by atoms with Crippen LogP contribution in [0.4, 0.5) is 10.1 Å². The molecule has 4 aromatic rings. The Morgan fingerprint density at radius 3 is 2.44 bits per heavy atom. The third-order valence-corrected chi connectivity index (χ3v) is 8.38. The fraction of sp³-hybridized carbons (Fsp3) is 0.333. The van der Waals surface area contributed by atoms with Gasteiger partial charge in [-0.15, -0.1) is 0 Å². The molecule has 3 aromatic carbocycles. The Balaban J connectivity index is 1.13. The van der Waals surface area contributed by atoms with Crippen LogP contribution < -0.4 is 4.90 Å². The van der Waals surface area contributed by atoms with Crippen LogP contribution in [0.1, 0.15) is 24.3 Å². The molecular formula is C30H33FN4O3S.